The molecule has 3 atom stereocenters. The Balaban J connectivity index is 1.36. The number of piperazine rings is 1. The summed E-state index contributed by atoms with van der Waals surface area (Å²) in [4.78, 5) is 25.6. The summed E-state index contributed by atoms with van der Waals surface area (Å²) in [7, 11) is -1.89. The summed E-state index contributed by atoms with van der Waals surface area (Å²) in [5, 5.41) is 15.7. The van der Waals surface area contributed by atoms with Gasteiger partial charge in [0, 0.05) is 50.9 Å². The van der Waals surface area contributed by atoms with Gasteiger partial charge in [0.15, 0.2) is 8.32 Å². The van der Waals surface area contributed by atoms with Crippen molar-refractivity contribution < 1.29 is 31.9 Å². The Labute approximate surface area is 291 Å². The second kappa shape index (κ2) is 15.0. The third kappa shape index (κ3) is 8.77. The van der Waals surface area contributed by atoms with Gasteiger partial charge in [0.25, 0.3) is 0 Å². The molecule has 0 bridgehead atoms. The minimum Gasteiger partial charge on any atom is -0.462 e. The monoisotopic (exact) mass is 723 g/mol. The number of aromatic nitrogens is 2. The molecule has 0 radical (unpaired) electrons. The van der Waals surface area contributed by atoms with E-state index in [4.69, 9.17) is 25.5 Å². The predicted molar refractivity (Wildman–Crippen MR) is 181 cm³/mol. The Morgan fingerprint density at radius 1 is 1.16 bits per heavy atom. The maximum absolute atomic E-state index is 14.1. The van der Waals surface area contributed by atoms with Gasteiger partial charge in [-0.1, -0.05) is 38.4 Å². The van der Waals surface area contributed by atoms with Gasteiger partial charge in [0.1, 0.15) is 6.61 Å². The van der Waals surface area contributed by atoms with Gasteiger partial charge < -0.3 is 34.3 Å². The van der Waals surface area contributed by atoms with Crippen LogP contribution in [0, 0.1) is 17.2 Å². The summed E-state index contributed by atoms with van der Waals surface area (Å²) < 4.78 is 60.6. The maximum Gasteiger partial charge on any atom is 0.419 e. The number of hydrogen-bond acceptors (Lipinski definition) is 10. The number of nitrogens with zero attached hydrogens (tertiary/aromatic N) is 5. The lowest BCUT2D eigenvalue weighted by Crippen LogP contribution is -2.54. The quantitative estimate of drug-likeness (QED) is 0.308. The van der Waals surface area contributed by atoms with E-state index in [0.29, 0.717) is 43.4 Å². The molecule has 1 unspecified atom stereocenters. The van der Waals surface area contributed by atoms with Crippen LogP contribution in [0.1, 0.15) is 50.4 Å². The van der Waals surface area contributed by atoms with Crippen LogP contribution in [0.4, 0.5) is 23.7 Å². The highest BCUT2D eigenvalue weighted by molar-refractivity contribution is 6.74. The smallest absolute Gasteiger partial charge is 0.419 e. The molecule has 3 aliphatic rings. The van der Waals surface area contributed by atoms with E-state index in [-0.39, 0.29) is 67.2 Å². The Kier molecular flexibility index (Phi) is 11.3. The van der Waals surface area contributed by atoms with Crippen molar-refractivity contribution in [3.63, 3.8) is 0 Å². The number of hydrogen-bond donors (Lipinski definition) is 2. The zero-order chi connectivity index (χ0) is 35.6. The molecule has 16 heteroatoms. The highest BCUT2D eigenvalue weighted by atomic mass is 35.5. The third-order valence-electron chi connectivity index (χ3n) is 9.93. The lowest BCUT2D eigenvalue weighted by Gasteiger charge is -2.36. The van der Waals surface area contributed by atoms with Crippen molar-refractivity contribution >= 4 is 31.7 Å². The molecule has 1 amide bonds. The van der Waals surface area contributed by atoms with Crippen LogP contribution in [0.15, 0.2) is 18.2 Å². The van der Waals surface area contributed by atoms with Gasteiger partial charge in [-0.25, -0.2) is 4.79 Å². The molecule has 2 saturated heterocycles. The number of nitriles is 1. The van der Waals surface area contributed by atoms with E-state index in [9.17, 15) is 23.2 Å². The van der Waals surface area contributed by atoms with Crippen LogP contribution < -0.4 is 25.0 Å². The molecule has 0 spiro atoms. The van der Waals surface area contributed by atoms with Gasteiger partial charge >= 0.3 is 18.3 Å². The summed E-state index contributed by atoms with van der Waals surface area (Å²) in [6.45, 7) is 14.3. The number of anilines is 1. The second-order valence-corrected chi connectivity index (χ2v) is 19.6. The zero-order valence-corrected chi connectivity index (χ0v) is 30.4. The highest BCUT2D eigenvalue weighted by Gasteiger charge is 2.40. The number of fused-ring (bicyclic) bond motifs is 1. The lowest BCUT2D eigenvalue weighted by atomic mass is 10.0. The van der Waals surface area contributed by atoms with E-state index < -0.39 is 31.2 Å². The first kappa shape index (κ1) is 37.1. The first-order chi connectivity index (χ1) is 23.1. The van der Waals surface area contributed by atoms with Gasteiger partial charge in [0.05, 0.1) is 47.0 Å². The number of amides is 1. The van der Waals surface area contributed by atoms with Crippen LogP contribution in [0.5, 0.6) is 11.9 Å². The van der Waals surface area contributed by atoms with Gasteiger partial charge in [-0.15, -0.1) is 0 Å². The predicted octanol–water partition coefficient (Wildman–Crippen LogP) is 5.78. The van der Waals surface area contributed by atoms with Crippen LogP contribution in [0.2, 0.25) is 23.2 Å². The number of rotatable bonds is 9. The number of carbonyl (C=O) groups excluding carboxylic acids is 1. The molecule has 3 aliphatic heterocycles. The van der Waals surface area contributed by atoms with Crippen molar-refractivity contribution in [2.24, 2.45) is 5.92 Å². The number of carbonyl (C=O) groups is 1. The Hall–Kier alpha value is -3.16. The first-order valence-corrected chi connectivity index (χ1v) is 19.9. The highest BCUT2D eigenvalue weighted by Crippen LogP contribution is 2.43. The lowest BCUT2D eigenvalue weighted by molar-refractivity contribution is -0.137. The van der Waals surface area contributed by atoms with E-state index in [1.54, 1.807) is 4.90 Å². The molecule has 2 N–H and O–H groups in total. The molecule has 268 valence electrons. The normalized spacial score (nSPS) is 21.7. The van der Waals surface area contributed by atoms with Crippen molar-refractivity contribution in [3.05, 3.63) is 40.0 Å². The van der Waals surface area contributed by atoms with Gasteiger partial charge in [-0.3, -0.25) is 0 Å². The molecule has 2 fully saturated rings. The number of alkyl halides is 3. The number of ether oxygens (including phenoxy) is 2. The summed E-state index contributed by atoms with van der Waals surface area (Å²) in [6.07, 6.45) is -4.16. The molecule has 11 nitrogen and oxygen atoms in total. The standard InChI is InChI=1S/C33H45ClF3N7O4Si/c1-32(2,3)49(4,5)47-19-21-15-22(40-16-21)20-46-30-41-26-18-43(27-8-6-7-25(34)28(27)33(35,36)37)13-10-24(26)29(42-30)48-31(45)44-14-12-39-17-23(44)9-11-38/h6-8,21-23,39-40H,9-10,12-20H2,1-5H3/t21-,22+,23?/m1/s1. The third-order valence-corrected chi connectivity index (χ3v) is 14.7. The van der Waals surface area contributed by atoms with Crippen molar-refractivity contribution in [1.29, 1.82) is 5.26 Å². The summed E-state index contributed by atoms with van der Waals surface area (Å²) in [6, 6.07) is 5.78. The number of nitrogens with one attached hydrogen (secondary N) is 2. The van der Waals surface area contributed by atoms with Crippen LogP contribution >= 0.6 is 11.6 Å². The van der Waals surface area contributed by atoms with E-state index in [2.05, 4.69) is 60.5 Å². The number of benzene rings is 1. The Morgan fingerprint density at radius 2 is 1.94 bits per heavy atom. The van der Waals surface area contributed by atoms with E-state index >= 15 is 0 Å². The molecule has 1 aromatic heterocycles. The van der Waals surface area contributed by atoms with E-state index in [1.807, 2.05) is 0 Å². The van der Waals surface area contributed by atoms with Crippen molar-refractivity contribution in [1.82, 2.24) is 25.5 Å². The summed E-state index contributed by atoms with van der Waals surface area (Å²) in [5.41, 5.74) is -0.0760. The fourth-order valence-electron chi connectivity index (χ4n) is 6.09. The van der Waals surface area contributed by atoms with E-state index in [0.717, 1.165) is 13.0 Å². The Morgan fingerprint density at radius 3 is 2.65 bits per heavy atom. The fraction of sp³-hybridized carbons (Fsp3) is 0.636. The average Bonchev–Trinajstić information content (AvgIpc) is 3.49. The number of halogens is 4. The molecule has 1 aromatic carbocycles. The molecule has 2 aromatic rings. The van der Waals surface area contributed by atoms with Crippen molar-refractivity contribution in [2.45, 2.75) is 83.0 Å². The van der Waals surface area contributed by atoms with Crippen LogP contribution in [0.3, 0.4) is 0 Å². The molecule has 5 rings (SSSR count). The fourth-order valence-corrected chi connectivity index (χ4v) is 7.45. The summed E-state index contributed by atoms with van der Waals surface area (Å²) >= 11 is 6.03. The molecule has 0 saturated carbocycles. The van der Waals surface area contributed by atoms with Crippen LogP contribution in [-0.4, -0.2) is 87.3 Å². The molecule has 0 aliphatic carbocycles. The van der Waals surface area contributed by atoms with Crippen LogP contribution in [0.25, 0.3) is 0 Å². The minimum absolute atomic E-state index is 0.000979. The average molecular weight is 724 g/mol. The van der Waals surface area contributed by atoms with Gasteiger partial charge in [0.2, 0.25) is 5.88 Å². The second-order valence-electron chi connectivity index (χ2n) is 14.4. The van der Waals surface area contributed by atoms with E-state index in [1.165, 1.54) is 23.1 Å². The van der Waals surface area contributed by atoms with Gasteiger partial charge in [-0.05, 0) is 49.0 Å². The van der Waals surface area contributed by atoms with Crippen molar-refractivity contribution in [2.75, 3.05) is 50.8 Å². The molecule has 49 heavy (non-hydrogen) atoms. The van der Waals surface area contributed by atoms with Gasteiger partial charge in [-0.2, -0.15) is 28.4 Å². The largest absolute Gasteiger partial charge is 0.462 e. The SMILES string of the molecule is CC(C)(C)[Si](C)(C)OC[C@H]1CN[C@H](COc2nc3c(c(OC(=O)N4CCNCC4CC#N)n2)CCN(c2cccc(Cl)c2C(F)(F)F)C3)C1. The molecular formula is C33H45ClF3N7O4Si. The maximum atomic E-state index is 14.1. The van der Waals surface area contributed by atoms with Crippen molar-refractivity contribution in [3.8, 4) is 18.0 Å². The zero-order valence-electron chi connectivity index (χ0n) is 28.6. The first-order valence-electron chi connectivity index (χ1n) is 16.6. The Bertz CT molecular complexity index is 1550. The summed E-state index contributed by atoms with van der Waals surface area (Å²) in [5.74, 6) is 0.319. The topological polar surface area (TPSA) is 125 Å². The molecular weight excluding hydrogens is 679 g/mol. The molecule has 4 heterocycles. The van der Waals surface area contributed by atoms with Crippen LogP contribution in [-0.2, 0) is 23.6 Å². The minimum atomic E-state index is -4.67.